The molecule has 0 saturated carbocycles. The minimum absolute atomic E-state index is 0. The Balaban J connectivity index is 0.00000729. The van der Waals surface area contributed by atoms with Crippen molar-refractivity contribution in [1.29, 1.82) is 0 Å². The second-order valence-corrected chi connectivity index (χ2v) is 6.73. The number of nitrogens with zero attached hydrogens (tertiary/aromatic N) is 1. The van der Waals surface area contributed by atoms with Crippen LogP contribution in [-0.4, -0.2) is 51.5 Å². The van der Waals surface area contributed by atoms with Gasteiger partial charge >= 0.3 is 6.09 Å². The van der Waals surface area contributed by atoms with Crippen molar-refractivity contribution < 1.29 is 19.0 Å². The Morgan fingerprint density at radius 3 is 2.32 bits per heavy atom. The summed E-state index contributed by atoms with van der Waals surface area (Å²) in [6.45, 7) is 9.59. The fourth-order valence-electron chi connectivity index (χ4n) is 2.15. The minimum Gasteiger partial charge on any atom is -0.497 e. The van der Waals surface area contributed by atoms with E-state index in [2.05, 4.69) is 20.9 Å². The standard InChI is InChI=1S/C19H32N4O4.HI/c1-7-20-17(21-10-11-22-18(24)27-19(2,3)4)23-13-14-8-9-15(25-5)12-16(14)26-6;/h8-9,12H,7,10-11,13H2,1-6H3,(H,22,24)(H2,20,21,23);1H. The second-order valence-electron chi connectivity index (χ2n) is 6.73. The maximum atomic E-state index is 11.6. The Kier molecular flexibility index (Phi) is 12.4. The lowest BCUT2D eigenvalue weighted by atomic mass is 10.2. The summed E-state index contributed by atoms with van der Waals surface area (Å²) >= 11 is 0. The lowest BCUT2D eigenvalue weighted by molar-refractivity contribution is 0.0529. The van der Waals surface area contributed by atoms with Crippen LogP contribution in [0.25, 0.3) is 0 Å². The number of hydrogen-bond acceptors (Lipinski definition) is 5. The number of nitrogens with one attached hydrogen (secondary N) is 3. The van der Waals surface area contributed by atoms with Gasteiger partial charge < -0.3 is 30.2 Å². The molecule has 8 nitrogen and oxygen atoms in total. The van der Waals surface area contributed by atoms with Gasteiger partial charge in [0.05, 0.1) is 20.8 Å². The molecule has 0 spiro atoms. The Labute approximate surface area is 184 Å². The number of halogens is 1. The molecule has 0 saturated heterocycles. The molecule has 0 fully saturated rings. The predicted molar refractivity (Wildman–Crippen MR) is 122 cm³/mol. The molecule has 160 valence electrons. The van der Waals surface area contributed by atoms with Crippen LogP contribution >= 0.6 is 24.0 Å². The Morgan fingerprint density at radius 2 is 1.75 bits per heavy atom. The van der Waals surface area contributed by atoms with Gasteiger partial charge in [-0.25, -0.2) is 9.79 Å². The van der Waals surface area contributed by atoms with Gasteiger partial charge in [0.15, 0.2) is 5.96 Å². The Morgan fingerprint density at radius 1 is 1.07 bits per heavy atom. The van der Waals surface area contributed by atoms with Crippen molar-refractivity contribution >= 4 is 36.0 Å². The van der Waals surface area contributed by atoms with Gasteiger partial charge in [-0.2, -0.15) is 0 Å². The number of aliphatic imine (C=N–C) groups is 1. The minimum atomic E-state index is -0.509. The highest BCUT2D eigenvalue weighted by molar-refractivity contribution is 14.0. The second kappa shape index (κ2) is 13.3. The van der Waals surface area contributed by atoms with E-state index in [4.69, 9.17) is 14.2 Å². The normalized spacial score (nSPS) is 11.1. The summed E-state index contributed by atoms with van der Waals surface area (Å²) in [5.41, 5.74) is 0.438. The smallest absolute Gasteiger partial charge is 0.407 e. The summed E-state index contributed by atoms with van der Waals surface area (Å²) < 4.78 is 15.8. The lowest BCUT2D eigenvalue weighted by Gasteiger charge is -2.20. The van der Waals surface area contributed by atoms with Crippen LogP contribution in [0.2, 0.25) is 0 Å². The molecule has 28 heavy (non-hydrogen) atoms. The number of carbonyl (C=O) groups excluding carboxylic acids is 1. The van der Waals surface area contributed by atoms with Crippen LogP contribution < -0.4 is 25.4 Å². The number of guanidine groups is 1. The van der Waals surface area contributed by atoms with Gasteiger partial charge in [0.2, 0.25) is 0 Å². The summed E-state index contributed by atoms with van der Waals surface area (Å²) in [6, 6.07) is 5.63. The molecule has 0 heterocycles. The van der Waals surface area contributed by atoms with Gasteiger partial charge in [-0.3, -0.25) is 0 Å². The molecule has 0 bridgehead atoms. The van der Waals surface area contributed by atoms with Gasteiger partial charge in [0, 0.05) is 31.3 Å². The average molecular weight is 508 g/mol. The third-order valence-electron chi connectivity index (χ3n) is 3.33. The molecule has 0 unspecified atom stereocenters. The van der Waals surface area contributed by atoms with Crippen molar-refractivity contribution in [3.63, 3.8) is 0 Å². The van der Waals surface area contributed by atoms with E-state index in [1.54, 1.807) is 14.2 Å². The quantitative estimate of drug-likeness (QED) is 0.217. The van der Waals surface area contributed by atoms with Gasteiger partial charge in [-0.05, 0) is 39.8 Å². The highest BCUT2D eigenvalue weighted by Gasteiger charge is 2.15. The van der Waals surface area contributed by atoms with Crippen molar-refractivity contribution in [2.24, 2.45) is 4.99 Å². The van der Waals surface area contributed by atoms with E-state index in [9.17, 15) is 4.79 Å². The summed E-state index contributed by atoms with van der Waals surface area (Å²) in [4.78, 5) is 16.2. The van der Waals surface area contributed by atoms with E-state index < -0.39 is 11.7 Å². The van der Waals surface area contributed by atoms with Crippen LogP contribution in [0.15, 0.2) is 23.2 Å². The molecule has 1 aromatic rings. The number of amides is 1. The monoisotopic (exact) mass is 508 g/mol. The van der Waals surface area contributed by atoms with Crippen LogP contribution in [0, 0.1) is 0 Å². The van der Waals surface area contributed by atoms with E-state index in [1.807, 2.05) is 45.9 Å². The molecule has 0 aliphatic heterocycles. The van der Waals surface area contributed by atoms with Crippen LogP contribution in [0.4, 0.5) is 4.79 Å². The number of methoxy groups -OCH3 is 2. The first-order valence-electron chi connectivity index (χ1n) is 8.99. The molecule has 9 heteroatoms. The zero-order valence-corrected chi connectivity index (χ0v) is 19.9. The maximum absolute atomic E-state index is 11.6. The molecule has 3 N–H and O–H groups in total. The molecular formula is C19H33IN4O4. The van der Waals surface area contributed by atoms with E-state index in [-0.39, 0.29) is 24.0 Å². The fraction of sp³-hybridized carbons (Fsp3) is 0.579. The fourth-order valence-corrected chi connectivity index (χ4v) is 2.15. The van der Waals surface area contributed by atoms with Crippen molar-refractivity contribution in [2.75, 3.05) is 33.9 Å². The van der Waals surface area contributed by atoms with Crippen molar-refractivity contribution in [1.82, 2.24) is 16.0 Å². The number of rotatable bonds is 8. The van der Waals surface area contributed by atoms with Crippen LogP contribution in [-0.2, 0) is 11.3 Å². The zero-order valence-electron chi connectivity index (χ0n) is 17.5. The highest BCUT2D eigenvalue weighted by atomic mass is 127. The van der Waals surface area contributed by atoms with Gasteiger partial charge in [0.25, 0.3) is 0 Å². The van der Waals surface area contributed by atoms with E-state index in [0.29, 0.717) is 25.6 Å². The van der Waals surface area contributed by atoms with Crippen molar-refractivity contribution in [2.45, 2.75) is 39.8 Å². The van der Waals surface area contributed by atoms with Crippen molar-refractivity contribution in [3.8, 4) is 11.5 Å². The Hall–Kier alpha value is -1.91. The van der Waals surface area contributed by atoms with Crippen LogP contribution in [0.5, 0.6) is 11.5 Å². The number of benzene rings is 1. The SMILES string of the molecule is CCNC(=NCc1ccc(OC)cc1OC)NCCNC(=O)OC(C)(C)C.I. The summed E-state index contributed by atoms with van der Waals surface area (Å²) in [5.74, 6) is 2.11. The zero-order chi connectivity index (χ0) is 20.3. The summed E-state index contributed by atoms with van der Waals surface area (Å²) in [7, 11) is 3.24. The third-order valence-corrected chi connectivity index (χ3v) is 3.33. The molecule has 0 aliphatic carbocycles. The largest absolute Gasteiger partial charge is 0.497 e. The first-order chi connectivity index (χ1) is 12.8. The molecule has 0 atom stereocenters. The summed E-state index contributed by atoms with van der Waals surface area (Å²) in [5, 5.41) is 9.04. The molecule has 1 rings (SSSR count). The molecule has 0 radical (unpaired) electrons. The van der Waals surface area contributed by atoms with E-state index in [0.717, 1.165) is 23.6 Å². The van der Waals surface area contributed by atoms with E-state index >= 15 is 0 Å². The Bertz CT molecular complexity index is 633. The van der Waals surface area contributed by atoms with E-state index in [1.165, 1.54) is 0 Å². The molecule has 1 aromatic carbocycles. The van der Waals surface area contributed by atoms with Crippen molar-refractivity contribution in [3.05, 3.63) is 23.8 Å². The highest BCUT2D eigenvalue weighted by Crippen LogP contribution is 2.25. The summed E-state index contributed by atoms with van der Waals surface area (Å²) in [6.07, 6.45) is -0.436. The number of alkyl carbamates (subject to hydrolysis) is 1. The van der Waals surface area contributed by atoms with Gasteiger partial charge in [0.1, 0.15) is 17.1 Å². The topological polar surface area (TPSA) is 93.2 Å². The average Bonchev–Trinajstić information content (AvgIpc) is 2.61. The number of ether oxygens (including phenoxy) is 3. The molecule has 0 aliphatic rings. The predicted octanol–water partition coefficient (Wildman–Crippen LogP) is 2.90. The van der Waals surface area contributed by atoms with Crippen LogP contribution in [0.3, 0.4) is 0 Å². The number of carbonyl (C=O) groups is 1. The van der Waals surface area contributed by atoms with Gasteiger partial charge in [-0.15, -0.1) is 24.0 Å². The molecule has 1 amide bonds. The van der Waals surface area contributed by atoms with Crippen LogP contribution in [0.1, 0.15) is 33.3 Å². The first kappa shape index (κ1) is 26.1. The maximum Gasteiger partial charge on any atom is 0.407 e. The lowest BCUT2D eigenvalue weighted by Crippen LogP contribution is -2.42. The van der Waals surface area contributed by atoms with Gasteiger partial charge in [-0.1, -0.05) is 0 Å². The third kappa shape index (κ3) is 10.4. The molecule has 0 aromatic heterocycles. The number of hydrogen-bond donors (Lipinski definition) is 3. The first-order valence-corrected chi connectivity index (χ1v) is 8.99. The molecular weight excluding hydrogens is 475 g/mol.